The molecule has 22 heavy (non-hydrogen) atoms. The molecule has 6 nitrogen and oxygen atoms in total. The molecule has 1 aliphatic carbocycles. The second-order valence-corrected chi connectivity index (χ2v) is 6.35. The van der Waals surface area contributed by atoms with E-state index in [0.29, 0.717) is 13.1 Å². The van der Waals surface area contributed by atoms with Gasteiger partial charge in [-0.2, -0.15) is 5.10 Å². The SMILES string of the molecule is CN(C)c1cc2c(nn1)CCN(C(=O)COC1CCCC1)C2. The van der Waals surface area contributed by atoms with E-state index in [9.17, 15) is 4.79 Å². The molecule has 1 aliphatic heterocycles. The highest BCUT2D eigenvalue weighted by atomic mass is 16.5. The van der Waals surface area contributed by atoms with Gasteiger partial charge in [0.05, 0.1) is 11.8 Å². The molecule has 2 aliphatic rings. The van der Waals surface area contributed by atoms with Gasteiger partial charge in [-0.15, -0.1) is 5.10 Å². The molecular formula is C16H24N4O2. The lowest BCUT2D eigenvalue weighted by atomic mass is 10.1. The van der Waals surface area contributed by atoms with E-state index in [1.807, 2.05) is 30.0 Å². The Morgan fingerprint density at radius 2 is 2.14 bits per heavy atom. The third-order valence-electron chi connectivity index (χ3n) is 4.48. The zero-order valence-corrected chi connectivity index (χ0v) is 13.4. The molecule has 2 heterocycles. The minimum Gasteiger partial charge on any atom is -0.368 e. The number of hydrogen-bond acceptors (Lipinski definition) is 5. The van der Waals surface area contributed by atoms with Crippen LogP contribution >= 0.6 is 0 Å². The number of amides is 1. The highest BCUT2D eigenvalue weighted by molar-refractivity contribution is 5.77. The van der Waals surface area contributed by atoms with E-state index in [-0.39, 0.29) is 18.6 Å². The highest BCUT2D eigenvalue weighted by Crippen LogP contribution is 2.22. The van der Waals surface area contributed by atoms with Gasteiger partial charge in [-0.1, -0.05) is 12.8 Å². The summed E-state index contributed by atoms with van der Waals surface area (Å²) in [6.07, 6.45) is 5.69. The molecule has 1 fully saturated rings. The van der Waals surface area contributed by atoms with Crippen LogP contribution in [0.3, 0.4) is 0 Å². The maximum atomic E-state index is 12.3. The first-order valence-corrected chi connectivity index (χ1v) is 8.05. The van der Waals surface area contributed by atoms with Gasteiger partial charge in [0.1, 0.15) is 6.61 Å². The van der Waals surface area contributed by atoms with Crippen molar-refractivity contribution in [3.05, 3.63) is 17.3 Å². The van der Waals surface area contributed by atoms with Crippen LogP contribution in [0.4, 0.5) is 5.82 Å². The third kappa shape index (κ3) is 3.38. The van der Waals surface area contributed by atoms with Crippen LogP contribution in [0.2, 0.25) is 0 Å². The second kappa shape index (κ2) is 6.60. The van der Waals surface area contributed by atoms with Crippen LogP contribution in [-0.4, -0.2) is 54.4 Å². The number of carbonyl (C=O) groups is 1. The van der Waals surface area contributed by atoms with Crippen LogP contribution in [0.5, 0.6) is 0 Å². The molecule has 120 valence electrons. The Morgan fingerprint density at radius 1 is 1.36 bits per heavy atom. The quantitative estimate of drug-likeness (QED) is 0.841. The van der Waals surface area contributed by atoms with Gasteiger partial charge in [-0.25, -0.2) is 0 Å². The molecule has 1 amide bonds. The van der Waals surface area contributed by atoms with Crippen molar-refractivity contribution in [2.75, 3.05) is 32.1 Å². The minimum atomic E-state index is 0.0840. The van der Waals surface area contributed by atoms with Crippen molar-refractivity contribution in [2.45, 2.75) is 44.8 Å². The third-order valence-corrected chi connectivity index (χ3v) is 4.48. The zero-order valence-electron chi connectivity index (χ0n) is 13.4. The molecule has 6 heteroatoms. The summed E-state index contributed by atoms with van der Waals surface area (Å²) >= 11 is 0. The first-order chi connectivity index (χ1) is 10.6. The van der Waals surface area contributed by atoms with E-state index < -0.39 is 0 Å². The number of hydrogen-bond donors (Lipinski definition) is 0. The van der Waals surface area contributed by atoms with E-state index in [4.69, 9.17) is 4.74 Å². The van der Waals surface area contributed by atoms with Crippen molar-refractivity contribution in [3.63, 3.8) is 0 Å². The van der Waals surface area contributed by atoms with Crippen LogP contribution in [-0.2, 0) is 22.5 Å². The number of carbonyl (C=O) groups excluding carboxylic acids is 1. The first kappa shape index (κ1) is 15.2. The summed E-state index contributed by atoms with van der Waals surface area (Å²) < 4.78 is 5.74. The lowest BCUT2D eigenvalue weighted by molar-refractivity contribution is -0.139. The van der Waals surface area contributed by atoms with Crippen molar-refractivity contribution in [1.29, 1.82) is 0 Å². The van der Waals surface area contributed by atoms with Gasteiger partial charge in [-0.05, 0) is 24.5 Å². The molecule has 3 rings (SSSR count). The molecule has 0 unspecified atom stereocenters. The highest BCUT2D eigenvalue weighted by Gasteiger charge is 2.24. The summed E-state index contributed by atoms with van der Waals surface area (Å²) in [6, 6.07) is 2.03. The molecule has 0 radical (unpaired) electrons. The van der Waals surface area contributed by atoms with Gasteiger partial charge in [0.15, 0.2) is 5.82 Å². The number of nitrogens with zero attached hydrogens (tertiary/aromatic N) is 4. The number of rotatable bonds is 4. The summed E-state index contributed by atoms with van der Waals surface area (Å²) in [5, 5.41) is 8.48. The van der Waals surface area contributed by atoms with Crippen molar-refractivity contribution in [2.24, 2.45) is 0 Å². The maximum absolute atomic E-state index is 12.3. The average Bonchev–Trinajstić information content (AvgIpc) is 3.04. The Kier molecular flexibility index (Phi) is 4.57. The molecule has 1 aromatic rings. The fourth-order valence-corrected chi connectivity index (χ4v) is 3.08. The molecule has 0 bridgehead atoms. The summed E-state index contributed by atoms with van der Waals surface area (Å²) in [7, 11) is 3.88. The minimum absolute atomic E-state index is 0.0840. The van der Waals surface area contributed by atoms with Gasteiger partial charge in [0, 0.05) is 33.6 Å². The largest absolute Gasteiger partial charge is 0.368 e. The van der Waals surface area contributed by atoms with Crippen molar-refractivity contribution in [3.8, 4) is 0 Å². The van der Waals surface area contributed by atoms with Crippen LogP contribution in [0.25, 0.3) is 0 Å². The molecule has 0 saturated heterocycles. The topological polar surface area (TPSA) is 58.6 Å². The van der Waals surface area contributed by atoms with Gasteiger partial charge in [-0.3, -0.25) is 4.79 Å². The predicted molar refractivity (Wildman–Crippen MR) is 83.7 cm³/mol. The number of anilines is 1. The van der Waals surface area contributed by atoms with Gasteiger partial charge in [0.2, 0.25) is 5.91 Å². The van der Waals surface area contributed by atoms with E-state index >= 15 is 0 Å². The Hall–Kier alpha value is -1.69. The molecular weight excluding hydrogens is 280 g/mol. The normalized spacial score (nSPS) is 18.4. The molecule has 1 aromatic heterocycles. The lowest BCUT2D eigenvalue weighted by Gasteiger charge is -2.29. The number of aromatic nitrogens is 2. The smallest absolute Gasteiger partial charge is 0.248 e. The average molecular weight is 304 g/mol. The maximum Gasteiger partial charge on any atom is 0.248 e. The van der Waals surface area contributed by atoms with Crippen molar-refractivity contribution >= 4 is 11.7 Å². The Morgan fingerprint density at radius 3 is 2.86 bits per heavy atom. The van der Waals surface area contributed by atoms with Crippen molar-refractivity contribution < 1.29 is 9.53 Å². The van der Waals surface area contributed by atoms with E-state index in [1.54, 1.807) is 0 Å². The second-order valence-electron chi connectivity index (χ2n) is 6.35. The molecule has 0 aromatic carbocycles. The summed E-state index contributed by atoms with van der Waals surface area (Å²) in [4.78, 5) is 16.1. The van der Waals surface area contributed by atoms with Crippen LogP contribution in [0, 0.1) is 0 Å². The lowest BCUT2D eigenvalue weighted by Crippen LogP contribution is -2.39. The van der Waals surface area contributed by atoms with E-state index in [2.05, 4.69) is 10.2 Å². The Labute approximate surface area is 131 Å². The van der Waals surface area contributed by atoms with E-state index in [1.165, 1.54) is 12.8 Å². The zero-order chi connectivity index (χ0) is 15.5. The standard InChI is InChI=1S/C16H24N4O2/c1-19(2)15-9-12-10-20(8-7-14(12)17-18-15)16(21)11-22-13-5-3-4-6-13/h9,13H,3-8,10-11H2,1-2H3. The van der Waals surface area contributed by atoms with Crippen LogP contribution in [0.15, 0.2) is 6.07 Å². The molecule has 1 saturated carbocycles. The Bertz CT molecular complexity index is 541. The van der Waals surface area contributed by atoms with E-state index in [0.717, 1.165) is 36.3 Å². The van der Waals surface area contributed by atoms with Crippen LogP contribution < -0.4 is 4.90 Å². The fraction of sp³-hybridized carbons (Fsp3) is 0.688. The number of ether oxygens (including phenoxy) is 1. The van der Waals surface area contributed by atoms with Crippen LogP contribution in [0.1, 0.15) is 36.9 Å². The van der Waals surface area contributed by atoms with Crippen molar-refractivity contribution in [1.82, 2.24) is 15.1 Å². The van der Waals surface area contributed by atoms with Gasteiger partial charge < -0.3 is 14.5 Å². The Balaban J connectivity index is 1.60. The number of fused-ring (bicyclic) bond motifs is 1. The molecule has 0 atom stereocenters. The summed E-state index contributed by atoms with van der Waals surface area (Å²) in [6.45, 7) is 1.52. The van der Waals surface area contributed by atoms with Gasteiger partial charge >= 0.3 is 0 Å². The summed E-state index contributed by atoms with van der Waals surface area (Å²) in [5.41, 5.74) is 2.10. The predicted octanol–water partition coefficient (Wildman–Crippen LogP) is 1.39. The first-order valence-electron chi connectivity index (χ1n) is 8.05. The molecule has 0 spiro atoms. The monoisotopic (exact) mass is 304 g/mol. The van der Waals surface area contributed by atoms with Gasteiger partial charge in [0.25, 0.3) is 0 Å². The molecule has 0 N–H and O–H groups in total. The fourth-order valence-electron chi connectivity index (χ4n) is 3.08. The summed E-state index contributed by atoms with van der Waals surface area (Å²) in [5.74, 6) is 0.913.